The summed E-state index contributed by atoms with van der Waals surface area (Å²) in [6.45, 7) is 1.92. The lowest BCUT2D eigenvalue weighted by atomic mass is 10.0. The Hall–Kier alpha value is -1.40. The maximum absolute atomic E-state index is 13.4. The summed E-state index contributed by atoms with van der Waals surface area (Å²) in [5.41, 5.74) is 1.67. The molecule has 110 valence electrons. The molecule has 21 heavy (non-hydrogen) atoms. The number of carbonyl (C=O) groups excluding carboxylic acids is 1. The summed E-state index contributed by atoms with van der Waals surface area (Å²) in [7, 11) is 0. The van der Waals surface area contributed by atoms with Crippen LogP contribution in [0.2, 0.25) is 0 Å². The fourth-order valence-corrected chi connectivity index (χ4v) is 4.13. The Bertz CT molecular complexity index is 671. The van der Waals surface area contributed by atoms with Crippen molar-refractivity contribution in [3.63, 3.8) is 0 Å². The van der Waals surface area contributed by atoms with Crippen LogP contribution < -0.4 is 5.32 Å². The molecule has 1 amide bonds. The fraction of sp³-hybridized carbons (Fsp3) is 0.333. The van der Waals surface area contributed by atoms with Gasteiger partial charge < -0.3 is 5.32 Å². The molecule has 0 saturated carbocycles. The van der Waals surface area contributed by atoms with Crippen LogP contribution in [0.3, 0.4) is 0 Å². The van der Waals surface area contributed by atoms with Gasteiger partial charge in [-0.2, -0.15) is 0 Å². The molecule has 2 heterocycles. The van der Waals surface area contributed by atoms with Gasteiger partial charge in [-0.15, -0.1) is 23.1 Å². The van der Waals surface area contributed by atoms with E-state index in [4.69, 9.17) is 0 Å². The molecule has 0 bridgehead atoms. The molecule has 1 unspecified atom stereocenters. The maximum Gasteiger partial charge on any atom is 0.226 e. The van der Waals surface area contributed by atoms with Gasteiger partial charge >= 0.3 is 0 Å². The first-order valence-corrected chi connectivity index (χ1v) is 8.61. The minimum atomic E-state index is -0.259. The number of fused-ring (bicyclic) bond motifs is 1. The Kier molecular flexibility index (Phi) is 4.26. The molecule has 0 aliphatic carbocycles. The zero-order valence-electron chi connectivity index (χ0n) is 11.6. The average Bonchev–Trinajstić information content (AvgIpc) is 2.84. The Morgan fingerprint density at radius 1 is 1.52 bits per heavy atom. The van der Waals surface area contributed by atoms with Gasteiger partial charge in [-0.1, -0.05) is 0 Å². The van der Waals surface area contributed by atoms with Gasteiger partial charge in [0.1, 0.15) is 5.82 Å². The number of halogens is 1. The standard InChI is InChI=1S/C15H15FN2OS2/c1-9-17-11(8-21-9)7-15(19)18-13-4-5-20-14-3-2-10(16)6-12(13)14/h2-3,6,8,13H,4-5,7H2,1H3,(H,18,19). The van der Waals surface area contributed by atoms with Crippen molar-refractivity contribution < 1.29 is 9.18 Å². The Labute approximate surface area is 131 Å². The largest absolute Gasteiger partial charge is 0.349 e. The first kappa shape index (κ1) is 14.5. The lowest BCUT2D eigenvalue weighted by Gasteiger charge is -2.25. The number of nitrogens with zero attached hydrogens (tertiary/aromatic N) is 1. The Morgan fingerprint density at radius 3 is 3.14 bits per heavy atom. The normalized spacial score (nSPS) is 17.3. The quantitative estimate of drug-likeness (QED) is 0.940. The summed E-state index contributed by atoms with van der Waals surface area (Å²) >= 11 is 3.25. The van der Waals surface area contributed by atoms with Gasteiger partial charge in [0.15, 0.2) is 0 Å². The topological polar surface area (TPSA) is 42.0 Å². The number of nitrogens with one attached hydrogen (secondary N) is 1. The molecule has 1 N–H and O–H groups in total. The summed E-state index contributed by atoms with van der Waals surface area (Å²) < 4.78 is 13.4. The van der Waals surface area contributed by atoms with Crippen molar-refractivity contribution in [1.29, 1.82) is 0 Å². The third-order valence-electron chi connectivity index (χ3n) is 3.35. The van der Waals surface area contributed by atoms with E-state index in [1.54, 1.807) is 17.8 Å². The van der Waals surface area contributed by atoms with Gasteiger partial charge in [-0.25, -0.2) is 9.37 Å². The third-order valence-corrected chi connectivity index (χ3v) is 5.30. The number of carbonyl (C=O) groups is 1. The van der Waals surface area contributed by atoms with Crippen LogP contribution in [0.1, 0.15) is 28.7 Å². The SMILES string of the molecule is Cc1nc(CC(=O)NC2CCSc3ccc(F)cc32)cs1. The summed E-state index contributed by atoms with van der Waals surface area (Å²) in [5, 5.41) is 5.87. The van der Waals surface area contributed by atoms with Crippen molar-refractivity contribution >= 4 is 29.0 Å². The molecule has 2 aromatic rings. The summed E-state index contributed by atoms with van der Waals surface area (Å²) in [6, 6.07) is 4.68. The number of thiazole rings is 1. The van der Waals surface area contributed by atoms with Gasteiger partial charge in [-0.3, -0.25) is 4.79 Å². The minimum Gasteiger partial charge on any atom is -0.349 e. The van der Waals surface area contributed by atoms with Crippen LogP contribution in [0.5, 0.6) is 0 Å². The second-order valence-electron chi connectivity index (χ2n) is 4.97. The molecule has 1 aromatic carbocycles. The number of rotatable bonds is 3. The van der Waals surface area contributed by atoms with Crippen molar-refractivity contribution in [1.82, 2.24) is 10.3 Å². The molecule has 1 aromatic heterocycles. The van der Waals surface area contributed by atoms with E-state index in [2.05, 4.69) is 10.3 Å². The fourth-order valence-electron chi connectivity index (χ4n) is 2.41. The van der Waals surface area contributed by atoms with E-state index < -0.39 is 0 Å². The number of benzene rings is 1. The van der Waals surface area contributed by atoms with Crippen molar-refractivity contribution in [3.05, 3.63) is 45.7 Å². The number of aryl methyl sites for hydroxylation is 1. The van der Waals surface area contributed by atoms with Crippen molar-refractivity contribution in [3.8, 4) is 0 Å². The lowest BCUT2D eigenvalue weighted by molar-refractivity contribution is -0.121. The van der Waals surface area contributed by atoms with Gasteiger partial charge in [-0.05, 0) is 37.1 Å². The smallest absolute Gasteiger partial charge is 0.226 e. The molecular formula is C15H15FN2OS2. The highest BCUT2D eigenvalue weighted by atomic mass is 32.2. The zero-order chi connectivity index (χ0) is 14.8. The monoisotopic (exact) mass is 322 g/mol. The number of amides is 1. The lowest BCUT2D eigenvalue weighted by Crippen LogP contribution is -2.32. The summed E-state index contributed by atoms with van der Waals surface area (Å²) in [4.78, 5) is 17.5. The predicted molar refractivity (Wildman–Crippen MR) is 83.2 cm³/mol. The second-order valence-corrected chi connectivity index (χ2v) is 7.17. The molecule has 0 saturated heterocycles. The zero-order valence-corrected chi connectivity index (χ0v) is 13.2. The second kappa shape index (κ2) is 6.15. The molecule has 0 radical (unpaired) electrons. The van der Waals surface area contributed by atoms with Crippen LogP contribution in [0.4, 0.5) is 4.39 Å². The summed E-state index contributed by atoms with van der Waals surface area (Å²) in [5.74, 6) is 0.609. The van der Waals surface area contributed by atoms with E-state index >= 15 is 0 Å². The van der Waals surface area contributed by atoms with E-state index in [0.29, 0.717) is 0 Å². The van der Waals surface area contributed by atoms with Crippen LogP contribution >= 0.6 is 23.1 Å². The number of aromatic nitrogens is 1. The number of thioether (sulfide) groups is 1. The molecular weight excluding hydrogens is 307 g/mol. The molecule has 0 fully saturated rings. The van der Waals surface area contributed by atoms with Gasteiger partial charge in [0.05, 0.1) is 23.2 Å². The van der Waals surface area contributed by atoms with Crippen LogP contribution in [0.15, 0.2) is 28.5 Å². The van der Waals surface area contributed by atoms with E-state index in [-0.39, 0.29) is 24.2 Å². The highest BCUT2D eigenvalue weighted by molar-refractivity contribution is 7.99. The predicted octanol–water partition coefficient (Wildman–Crippen LogP) is 3.49. The Balaban J connectivity index is 1.71. The number of hydrogen-bond donors (Lipinski definition) is 1. The van der Waals surface area contributed by atoms with E-state index in [9.17, 15) is 9.18 Å². The van der Waals surface area contributed by atoms with Crippen molar-refractivity contribution in [2.75, 3.05) is 5.75 Å². The molecule has 1 atom stereocenters. The maximum atomic E-state index is 13.4. The van der Waals surface area contributed by atoms with Crippen molar-refractivity contribution in [2.24, 2.45) is 0 Å². The molecule has 1 aliphatic heterocycles. The first-order valence-electron chi connectivity index (χ1n) is 6.74. The van der Waals surface area contributed by atoms with Crippen LogP contribution in [-0.4, -0.2) is 16.6 Å². The highest BCUT2D eigenvalue weighted by Crippen LogP contribution is 2.36. The van der Waals surface area contributed by atoms with E-state index in [1.807, 2.05) is 12.3 Å². The van der Waals surface area contributed by atoms with Crippen molar-refractivity contribution in [2.45, 2.75) is 30.7 Å². The van der Waals surface area contributed by atoms with Crippen LogP contribution in [-0.2, 0) is 11.2 Å². The van der Waals surface area contributed by atoms with Crippen LogP contribution in [0, 0.1) is 12.7 Å². The molecule has 3 nitrogen and oxygen atoms in total. The Morgan fingerprint density at radius 2 is 2.38 bits per heavy atom. The molecule has 6 heteroatoms. The van der Waals surface area contributed by atoms with Gasteiger partial charge in [0, 0.05) is 16.0 Å². The minimum absolute atomic E-state index is 0.0626. The number of hydrogen-bond acceptors (Lipinski definition) is 4. The molecule has 1 aliphatic rings. The van der Waals surface area contributed by atoms with Gasteiger partial charge in [0.25, 0.3) is 0 Å². The third kappa shape index (κ3) is 3.44. The van der Waals surface area contributed by atoms with E-state index in [0.717, 1.165) is 33.3 Å². The van der Waals surface area contributed by atoms with Gasteiger partial charge in [0.2, 0.25) is 5.91 Å². The average molecular weight is 322 g/mol. The molecule has 3 rings (SSSR count). The van der Waals surface area contributed by atoms with E-state index in [1.165, 1.54) is 23.5 Å². The first-order chi connectivity index (χ1) is 10.1. The summed E-state index contributed by atoms with van der Waals surface area (Å²) in [6.07, 6.45) is 1.10. The highest BCUT2D eigenvalue weighted by Gasteiger charge is 2.23. The van der Waals surface area contributed by atoms with Crippen LogP contribution in [0.25, 0.3) is 0 Å². The molecule has 0 spiro atoms.